The van der Waals surface area contributed by atoms with Crippen LogP contribution in [-0.4, -0.2) is 49.3 Å². The predicted octanol–water partition coefficient (Wildman–Crippen LogP) is 13.5. The highest BCUT2D eigenvalue weighted by Crippen LogP contribution is 2.37. The summed E-state index contributed by atoms with van der Waals surface area (Å²) in [5, 5.41) is 0. The molecule has 0 saturated heterocycles. The average Bonchev–Trinajstić information content (AvgIpc) is 3.14. The second-order valence-electron chi connectivity index (χ2n) is 17.0. The summed E-state index contributed by atoms with van der Waals surface area (Å²) in [5.74, 6) is -0.914. The molecule has 0 aliphatic carbocycles. The van der Waals surface area contributed by atoms with Gasteiger partial charge in [-0.2, -0.15) is 0 Å². The molecule has 0 unspecified atom stereocenters. The minimum atomic E-state index is -1.24. The number of hydrogen-bond donors (Lipinski definition) is 0. The largest absolute Gasteiger partial charge is 0.466 e. The monoisotopic (exact) mass is 781 g/mol. The molecule has 0 heterocycles. The molecule has 0 amide bonds. The van der Waals surface area contributed by atoms with E-state index in [1.165, 1.54) is 77.0 Å². The molecule has 8 nitrogen and oxygen atoms in total. The number of hydrogen-bond acceptors (Lipinski definition) is 8. The molecule has 0 radical (unpaired) electrons. The third-order valence-electron chi connectivity index (χ3n) is 10.4. The van der Waals surface area contributed by atoms with Gasteiger partial charge >= 0.3 is 23.9 Å². The first kappa shape index (κ1) is 52.9. The van der Waals surface area contributed by atoms with E-state index in [-0.39, 0.29) is 11.9 Å². The van der Waals surface area contributed by atoms with Crippen LogP contribution in [0.15, 0.2) is 0 Å². The van der Waals surface area contributed by atoms with E-state index < -0.39 is 23.0 Å². The van der Waals surface area contributed by atoms with E-state index in [0.29, 0.717) is 45.5 Å². The van der Waals surface area contributed by atoms with E-state index in [9.17, 15) is 19.2 Å². The van der Waals surface area contributed by atoms with Gasteiger partial charge in [-0.25, -0.2) is 0 Å². The highest BCUT2D eigenvalue weighted by molar-refractivity contribution is 6.00. The Morgan fingerprint density at radius 1 is 0.364 bits per heavy atom. The number of rotatable bonds is 39. The lowest BCUT2D eigenvalue weighted by Gasteiger charge is -2.33. The first-order valence-electron chi connectivity index (χ1n) is 23.2. The molecule has 0 aliphatic rings. The fourth-order valence-corrected chi connectivity index (χ4v) is 6.82. The Kier molecular flexibility index (Phi) is 34.8. The average molecular weight is 781 g/mol. The van der Waals surface area contributed by atoms with Crippen LogP contribution in [0.5, 0.6) is 0 Å². The number of carbonyl (C=O) groups is 4. The summed E-state index contributed by atoms with van der Waals surface area (Å²) in [6.45, 7) is 13.3. The summed E-state index contributed by atoms with van der Waals surface area (Å²) < 4.78 is 22.2. The van der Waals surface area contributed by atoms with Crippen molar-refractivity contribution in [1.82, 2.24) is 0 Å². The van der Waals surface area contributed by atoms with Gasteiger partial charge in [-0.15, -0.1) is 0 Å². The van der Waals surface area contributed by atoms with E-state index in [1.54, 1.807) is 0 Å². The Labute approximate surface area is 339 Å². The fourth-order valence-electron chi connectivity index (χ4n) is 6.82. The molecular weight excluding hydrogens is 693 g/mol. The maximum absolute atomic E-state index is 13.8. The lowest BCUT2D eigenvalue weighted by Crippen LogP contribution is -2.45. The van der Waals surface area contributed by atoms with Crippen LogP contribution in [-0.2, 0) is 38.1 Å². The van der Waals surface area contributed by atoms with Crippen LogP contribution in [0.1, 0.15) is 247 Å². The van der Waals surface area contributed by atoms with Gasteiger partial charge in [-0.1, -0.05) is 168 Å². The normalized spacial score (nSPS) is 11.7. The molecule has 0 aromatic rings. The second kappa shape index (κ2) is 36.2. The summed E-state index contributed by atoms with van der Waals surface area (Å²) in [7, 11) is 0. The molecule has 0 fully saturated rings. The summed E-state index contributed by atoms with van der Waals surface area (Å²) in [6, 6.07) is 0. The van der Waals surface area contributed by atoms with Crippen LogP contribution in [0.3, 0.4) is 0 Å². The van der Waals surface area contributed by atoms with Gasteiger partial charge in [0.05, 0.1) is 19.8 Å². The standard InChI is InChI=1S/C47H88O8/c1-7-10-39-52-42(48)35-31-27-23-19-15-13-17-21-25-29-33-37-47(44(50)54-41-12-9-3,45(51)55-46(4,5)6)38-34-30-26-22-18-14-16-20-24-28-32-36-43(49)53-40-11-8-2/h7-41H2,1-6H3. The van der Waals surface area contributed by atoms with Crippen molar-refractivity contribution in [3.05, 3.63) is 0 Å². The Morgan fingerprint density at radius 2 is 0.655 bits per heavy atom. The molecule has 0 N–H and O–H groups in total. The fraction of sp³-hybridized carbons (Fsp3) is 0.915. The minimum Gasteiger partial charge on any atom is -0.466 e. The van der Waals surface area contributed by atoms with Gasteiger partial charge < -0.3 is 18.9 Å². The molecule has 0 aliphatic heterocycles. The summed E-state index contributed by atoms with van der Waals surface area (Å²) in [4.78, 5) is 51.0. The van der Waals surface area contributed by atoms with Crippen LogP contribution in [0.4, 0.5) is 0 Å². The molecule has 0 aromatic heterocycles. The van der Waals surface area contributed by atoms with Crippen molar-refractivity contribution in [2.75, 3.05) is 19.8 Å². The molecule has 55 heavy (non-hydrogen) atoms. The first-order valence-corrected chi connectivity index (χ1v) is 23.2. The minimum absolute atomic E-state index is 0.0541. The Morgan fingerprint density at radius 3 is 0.964 bits per heavy atom. The smallest absolute Gasteiger partial charge is 0.324 e. The first-order chi connectivity index (χ1) is 26.5. The quantitative estimate of drug-likeness (QED) is 0.0263. The number of unbranched alkanes of at least 4 members (excludes halogenated alkanes) is 23. The molecule has 0 atom stereocenters. The molecule has 0 bridgehead atoms. The topological polar surface area (TPSA) is 105 Å². The van der Waals surface area contributed by atoms with E-state index in [2.05, 4.69) is 20.8 Å². The van der Waals surface area contributed by atoms with E-state index in [4.69, 9.17) is 18.9 Å². The van der Waals surface area contributed by atoms with Crippen LogP contribution < -0.4 is 0 Å². The van der Waals surface area contributed by atoms with Crippen LogP contribution in [0.25, 0.3) is 0 Å². The second-order valence-corrected chi connectivity index (χ2v) is 17.0. The summed E-state index contributed by atoms with van der Waals surface area (Å²) >= 11 is 0. The van der Waals surface area contributed by atoms with Gasteiger partial charge in [-0.05, 0) is 65.7 Å². The van der Waals surface area contributed by atoms with Gasteiger partial charge in [0.15, 0.2) is 5.41 Å². The van der Waals surface area contributed by atoms with E-state index in [1.807, 2.05) is 20.8 Å². The van der Waals surface area contributed by atoms with Crippen LogP contribution in [0, 0.1) is 5.41 Å². The van der Waals surface area contributed by atoms with Crippen molar-refractivity contribution in [3.63, 3.8) is 0 Å². The van der Waals surface area contributed by atoms with Crippen molar-refractivity contribution >= 4 is 23.9 Å². The summed E-state index contributed by atoms with van der Waals surface area (Å²) in [5.41, 5.74) is -1.91. The lowest BCUT2D eigenvalue weighted by molar-refractivity contribution is -0.181. The number of ether oxygens (including phenoxy) is 4. The number of esters is 4. The maximum atomic E-state index is 13.8. The third kappa shape index (κ3) is 31.6. The molecule has 8 heteroatoms. The number of carbonyl (C=O) groups excluding carboxylic acids is 4. The van der Waals surface area contributed by atoms with Gasteiger partial charge in [0, 0.05) is 12.8 Å². The Bertz CT molecular complexity index is 892. The van der Waals surface area contributed by atoms with Crippen molar-refractivity contribution < 1.29 is 38.1 Å². The Balaban J connectivity index is 4.59. The maximum Gasteiger partial charge on any atom is 0.324 e. The van der Waals surface area contributed by atoms with Gasteiger partial charge in [0.2, 0.25) is 0 Å². The molecule has 324 valence electrons. The zero-order chi connectivity index (χ0) is 40.9. The van der Waals surface area contributed by atoms with Crippen molar-refractivity contribution in [3.8, 4) is 0 Å². The van der Waals surface area contributed by atoms with Gasteiger partial charge in [-0.3, -0.25) is 19.2 Å². The van der Waals surface area contributed by atoms with E-state index in [0.717, 1.165) is 103 Å². The molecule has 0 aromatic carbocycles. The molecule has 0 saturated carbocycles. The van der Waals surface area contributed by atoms with Gasteiger partial charge in [0.25, 0.3) is 0 Å². The highest BCUT2D eigenvalue weighted by Gasteiger charge is 2.49. The molecule has 0 rings (SSSR count). The van der Waals surface area contributed by atoms with Crippen LogP contribution >= 0.6 is 0 Å². The van der Waals surface area contributed by atoms with Crippen molar-refractivity contribution in [2.45, 2.75) is 253 Å². The third-order valence-corrected chi connectivity index (χ3v) is 10.4. The van der Waals surface area contributed by atoms with Crippen molar-refractivity contribution in [1.29, 1.82) is 0 Å². The van der Waals surface area contributed by atoms with Crippen molar-refractivity contribution in [2.24, 2.45) is 5.41 Å². The zero-order valence-electron chi connectivity index (χ0n) is 37.0. The zero-order valence-corrected chi connectivity index (χ0v) is 37.0. The van der Waals surface area contributed by atoms with Gasteiger partial charge in [0.1, 0.15) is 5.60 Å². The highest BCUT2D eigenvalue weighted by atomic mass is 16.6. The SMILES string of the molecule is CCCCOC(=O)CCCCCCCCCCCCCC(CCCCCCCCCCCCCC(=O)OCCCC)(C(=O)OCCCC)C(=O)OC(C)(C)C. The van der Waals surface area contributed by atoms with Crippen LogP contribution in [0.2, 0.25) is 0 Å². The Hall–Kier alpha value is -2.12. The lowest BCUT2D eigenvalue weighted by atomic mass is 9.77. The molecule has 0 spiro atoms. The molecular formula is C47H88O8. The van der Waals surface area contributed by atoms with E-state index >= 15 is 0 Å². The predicted molar refractivity (Wildman–Crippen MR) is 226 cm³/mol. The summed E-state index contributed by atoms with van der Waals surface area (Å²) in [6.07, 6.45) is 32.0.